The third kappa shape index (κ3) is 5.86. The molecule has 6 nitrogen and oxygen atoms in total. The Bertz CT molecular complexity index is 1140. The minimum atomic E-state index is -0.450. The number of carbonyl (C=O) groups is 1. The van der Waals surface area contributed by atoms with Crippen molar-refractivity contribution in [2.75, 3.05) is 42.9 Å². The Hall–Kier alpha value is -2.58. The van der Waals surface area contributed by atoms with Crippen LogP contribution in [0.2, 0.25) is 10.0 Å². The van der Waals surface area contributed by atoms with Gasteiger partial charge >= 0.3 is 0 Å². The van der Waals surface area contributed by atoms with E-state index in [2.05, 4.69) is 39.5 Å². The van der Waals surface area contributed by atoms with Crippen molar-refractivity contribution < 1.29 is 9.21 Å². The van der Waals surface area contributed by atoms with Gasteiger partial charge < -0.3 is 19.5 Å². The van der Waals surface area contributed by atoms with Gasteiger partial charge in [0.1, 0.15) is 5.76 Å². The molecule has 0 bridgehead atoms. The van der Waals surface area contributed by atoms with Crippen LogP contribution in [-0.2, 0) is 0 Å². The van der Waals surface area contributed by atoms with Gasteiger partial charge in [-0.2, -0.15) is 0 Å². The third-order valence-electron chi connectivity index (χ3n) is 5.56. The summed E-state index contributed by atoms with van der Waals surface area (Å²) in [6, 6.07) is 16.3. The molecule has 0 spiro atoms. The Morgan fingerprint density at radius 2 is 1.76 bits per heavy atom. The molecule has 2 aromatic carbocycles. The van der Waals surface area contributed by atoms with Crippen molar-refractivity contribution in [3.05, 3.63) is 70.4 Å². The Balaban J connectivity index is 1.32. The number of furan rings is 1. The molecule has 1 aliphatic heterocycles. The highest BCUT2D eigenvalue weighted by Gasteiger charge is 2.17. The van der Waals surface area contributed by atoms with E-state index in [1.54, 1.807) is 30.3 Å². The van der Waals surface area contributed by atoms with Gasteiger partial charge in [-0.1, -0.05) is 30.1 Å². The van der Waals surface area contributed by atoms with E-state index < -0.39 is 5.91 Å². The zero-order chi connectivity index (χ0) is 23.4. The summed E-state index contributed by atoms with van der Waals surface area (Å²) in [6.45, 7) is 7.46. The molecule has 1 aliphatic rings. The third-order valence-corrected chi connectivity index (χ3v) is 6.32. The zero-order valence-electron chi connectivity index (χ0n) is 18.1. The number of likely N-dealkylation sites (N-methyl/N-ethyl adjacent to an activating group) is 1. The van der Waals surface area contributed by atoms with E-state index in [9.17, 15) is 4.79 Å². The second kappa shape index (κ2) is 10.6. The molecule has 1 amide bonds. The summed E-state index contributed by atoms with van der Waals surface area (Å²) in [5.41, 5.74) is 2.62. The fraction of sp³-hybridized carbons (Fsp3) is 0.250. The van der Waals surface area contributed by atoms with Crippen LogP contribution in [-0.4, -0.2) is 48.6 Å². The van der Waals surface area contributed by atoms with E-state index in [0.29, 0.717) is 21.4 Å². The molecule has 0 aliphatic carbocycles. The van der Waals surface area contributed by atoms with Gasteiger partial charge in [-0.3, -0.25) is 10.1 Å². The predicted octanol–water partition coefficient (Wildman–Crippen LogP) is 5.52. The van der Waals surface area contributed by atoms with Crippen LogP contribution >= 0.6 is 35.4 Å². The summed E-state index contributed by atoms with van der Waals surface area (Å²) in [6.07, 6.45) is 0. The number of thiocarbonyl (C=S) groups is 1. The number of halogens is 2. The van der Waals surface area contributed by atoms with Crippen LogP contribution in [0.3, 0.4) is 0 Å². The number of amides is 1. The van der Waals surface area contributed by atoms with Gasteiger partial charge in [0.2, 0.25) is 0 Å². The van der Waals surface area contributed by atoms with Crippen molar-refractivity contribution in [1.29, 1.82) is 0 Å². The number of nitrogens with zero attached hydrogens (tertiary/aromatic N) is 2. The van der Waals surface area contributed by atoms with Gasteiger partial charge in [-0.25, -0.2) is 0 Å². The van der Waals surface area contributed by atoms with Crippen molar-refractivity contribution in [3.8, 4) is 11.3 Å². The molecule has 9 heteroatoms. The second-order valence-corrected chi connectivity index (χ2v) is 8.92. The molecule has 0 radical (unpaired) electrons. The maximum atomic E-state index is 12.5. The number of hydrogen-bond donors (Lipinski definition) is 2. The molecule has 1 fully saturated rings. The minimum Gasteiger partial charge on any atom is -0.451 e. The molecule has 172 valence electrons. The smallest absolute Gasteiger partial charge is 0.293 e. The van der Waals surface area contributed by atoms with E-state index in [4.69, 9.17) is 39.8 Å². The van der Waals surface area contributed by atoms with E-state index in [1.165, 1.54) is 5.69 Å². The summed E-state index contributed by atoms with van der Waals surface area (Å²) in [4.78, 5) is 17.4. The molecule has 1 aromatic heterocycles. The van der Waals surface area contributed by atoms with Gasteiger partial charge in [0.25, 0.3) is 5.91 Å². The van der Waals surface area contributed by atoms with E-state index in [0.717, 1.165) is 38.4 Å². The number of nitrogens with one attached hydrogen (secondary N) is 2. The average molecular weight is 503 g/mol. The summed E-state index contributed by atoms with van der Waals surface area (Å²) >= 11 is 17.5. The van der Waals surface area contributed by atoms with Gasteiger partial charge in [0.05, 0.1) is 5.02 Å². The maximum absolute atomic E-state index is 12.5. The van der Waals surface area contributed by atoms with Crippen LogP contribution in [0.5, 0.6) is 0 Å². The lowest BCUT2D eigenvalue weighted by molar-refractivity contribution is 0.0951. The number of anilines is 2. The lowest BCUT2D eigenvalue weighted by Gasteiger charge is -2.35. The second-order valence-electron chi connectivity index (χ2n) is 7.66. The number of rotatable bonds is 5. The Labute approximate surface area is 208 Å². The standard InChI is InChI=1S/C24H24Cl2N4O2S/c1-2-29-11-13-30(14-12-29)18-6-4-17(5-7-18)27-24(33)28-23(31)22-10-9-21(32-22)19-8-3-16(25)15-20(19)26/h3-10,15H,2,11-14H2,1H3,(H2,27,28,31,33). The fourth-order valence-corrected chi connectivity index (χ4v) is 4.41. The molecule has 0 unspecified atom stereocenters. The molecule has 0 saturated carbocycles. The molecular formula is C24H24Cl2N4O2S. The topological polar surface area (TPSA) is 60.8 Å². The first-order valence-electron chi connectivity index (χ1n) is 10.7. The molecular weight excluding hydrogens is 479 g/mol. The van der Waals surface area contributed by atoms with Crippen molar-refractivity contribution >= 4 is 57.8 Å². The van der Waals surface area contributed by atoms with Gasteiger partial charge in [-0.15, -0.1) is 0 Å². The van der Waals surface area contributed by atoms with Crippen LogP contribution in [0.4, 0.5) is 11.4 Å². The van der Waals surface area contributed by atoms with Crippen LogP contribution in [0.15, 0.2) is 59.0 Å². The van der Waals surface area contributed by atoms with Gasteiger partial charge in [-0.05, 0) is 73.4 Å². The van der Waals surface area contributed by atoms with E-state index >= 15 is 0 Å². The summed E-state index contributed by atoms with van der Waals surface area (Å²) < 4.78 is 5.67. The quantitative estimate of drug-likeness (QED) is 0.447. The molecule has 3 aromatic rings. The molecule has 2 heterocycles. The van der Waals surface area contributed by atoms with Crippen molar-refractivity contribution in [1.82, 2.24) is 10.2 Å². The van der Waals surface area contributed by atoms with Crippen molar-refractivity contribution in [2.45, 2.75) is 6.92 Å². The molecule has 1 saturated heterocycles. The molecule has 33 heavy (non-hydrogen) atoms. The van der Waals surface area contributed by atoms with Crippen molar-refractivity contribution in [2.24, 2.45) is 0 Å². The summed E-state index contributed by atoms with van der Waals surface area (Å²) in [5.74, 6) is 0.145. The predicted molar refractivity (Wildman–Crippen MR) is 139 cm³/mol. The summed E-state index contributed by atoms with van der Waals surface area (Å²) in [5, 5.41) is 6.83. The highest BCUT2D eigenvalue weighted by atomic mass is 35.5. The number of benzene rings is 2. The first kappa shape index (κ1) is 23.6. The Morgan fingerprint density at radius 3 is 2.42 bits per heavy atom. The van der Waals surface area contributed by atoms with Crippen LogP contribution in [0.1, 0.15) is 17.5 Å². The minimum absolute atomic E-state index is 0.127. The Kier molecular flexibility index (Phi) is 7.55. The summed E-state index contributed by atoms with van der Waals surface area (Å²) in [7, 11) is 0. The number of piperazine rings is 1. The number of carbonyl (C=O) groups excluding carboxylic acids is 1. The first-order chi connectivity index (χ1) is 15.9. The van der Waals surface area contributed by atoms with E-state index in [-0.39, 0.29) is 10.9 Å². The van der Waals surface area contributed by atoms with Gasteiger partial charge in [0, 0.05) is 48.1 Å². The largest absolute Gasteiger partial charge is 0.451 e. The molecule has 2 N–H and O–H groups in total. The van der Waals surface area contributed by atoms with Crippen LogP contribution < -0.4 is 15.5 Å². The zero-order valence-corrected chi connectivity index (χ0v) is 20.4. The van der Waals surface area contributed by atoms with Crippen LogP contribution in [0, 0.1) is 0 Å². The van der Waals surface area contributed by atoms with Crippen molar-refractivity contribution in [3.63, 3.8) is 0 Å². The molecule has 4 rings (SSSR count). The Morgan fingerprint density at radius 1 is 1.03 bits per heavy atom. The highest BCUT2D eigenvalue weighted by Crippen LogP contribution is 2.31. The normalized spacial score (nSPS) is 14.2. The number of hydrogen-bond acceptors (Lipinski definition) is 5. The van der Waals surface area contributed by atoms with Gasteiger partial charge in [0.15, 0.2) is 10.9 Å². The fourth-order valence-electron chi connectivity index (χ4n) is 3.70. The monoisotopic (exact) mass is 502 g/mol. The SMILES string of the molecule is CCN1CCN(c2ccc(NC(=S)NC(=O)c3ccc(-c4ccc(Cl)cc4Cl)o3)cc2)CC1. The average Bonchev–Trinajstić information content (AvgIpc) is 3.30. The van der Waals surface area contributed by atoms with Crippen LogP contribution in [0.25, 0.3) is 11.3 Å². The lowest BCUT2D eigenvalue weighted by atomic mass is 10.2. The maximum Gasteiger partial charge on any atom is 0.293 e. The molecule has 0 atom stereocenters. The van der Waals surface area contributed by atoms with E-state index in [1.807, 2.05) is 12.1 Å². The first-order valence-corrected chi connectivity index (χ1v) is 11.8. The highest BCUT2D eigenvalue weighted by molar-refractivity contribution is 7.80. The lowest BCUT2D eigenvalue weighted by Crippen LogP contribution is -2.46.